The third-order valence-corrected chi connectivity index (χ3v) is 0.871. The van der Waals surface area contributed by atoms with Crippen LogP contribution in [0.1, 0.15) is 11.6 Å². The standard InChI is InChI=1S/C6H6FNO/c1-5-8-6(2-3-7)4-9-5/h2-4H,1H3. The van der Waals surface area contributed by atoms with Crippen molar-refractivity contribution < 1.29 is 8.81 Å². The highest BCUT2D eigenvalue weighted by molar-refractivity contribution is 5.40. The number of nitrogens with zero attached hydrogens (tertiary/aromatic N) is 1. The molecule has 0 aliphatic rings. The molecule has 0 bridgehead atoms. The maximum Gasteiger partial charge on any atom is 0.191 e. The van der Waals surface area contributed by atoms with Crippen LogP contribution in [0.3, 0.4) is 0 Å². The first kappa shape index (κ1) is 6.01. The molecule has 0 fully saturated rings. The van der Waals surface area contributed by atoms with Crippen LogP contribution in [0.25, 0.3) is 6.08 Å². The molecule has 0 aliphatic heterocycles. The maximum absolute atomic E-state index is 11.4. The van der Waals surface area contributed by atoms with E-state index in [1.165, 1.54) is 12.3 Å². The Morgan fingerprint density at radius 1 is 1.78 bits per heavy atom. The zero-order chi connectivity index (χ0) is 6.69. The lowest BCUT2D eigenvalue weighted by molar-refractivity contribution is 0.521. The minimum absolute atomic E-state index is 0.428. The van der Waals surface area contributed by atoms with Crippen LogP contribution >= 0.6 is 0 Å². The lowest BCUT2D eigenvalue weighted by atomic mass is 10.5. The van der Waals surface area contributed by atoms with E-state index in [0.717, 1.165) is 0 Å². The van der Waals surface area contributed by atoms with Crippen LogP contribution in [0.2, 0.25) is 0 Å². The first-order valence-corrected chi connectivity index (χ1v) is 2.52. The van der Waals surface area contributed by atoms with Gasteiger partial charge in [-0.05, 0) is 6.08 Å². The first-order valence-electron chi connectivity index (χ1n) is 2.52. The van der Waals surface area contributed by atoms with E-state index in [1.54, 1.807) is 6.92 Å². The van der Waals surface area contributed by atoms with Gasteiger partial charge in [0.05, 0.1) is 6.33 Å². The fraction of sp³-hybridized carbons (Fsp3) is 0.167. The number of halogens is 1. The van der Waals surface area contributed by atoms with E-state index >= 15 is 0 Å². The quantitative estimate of drug-likeness (QED) is 0.576. The van der Waals surface area contributed by atoms with Gasteiger partial charge >= 0.3 is 0 Å². The van der Waals surface area contributed by atoms with Crippen molar-refractivity contribution in [2.45, 2.75) is 6.92 Å². The largest absolute Gasteiger partial charge is 0.449 e. The van der Waals surface area contributed by atoms with Crippen molar-refractivity contribution in [3.8, 4) is 0 Å². The Kier molecular flexibility index (Phi) is 1.63. The van der Waals surface area contributed by atoms with Crippen molar-refractivity contribution in [1.82, 2.24) is 4.98 Å². The summed E-state index contributed by atoms with van der Waals surface area (Å²) in [5, 5.41) is 0. The zero-order valence-corrected chi connectivity index (χ0v) is 4.97. The lowest BCUT2D eigenvalue weighted by Crippen LogP contribution is -1.69. The van der Waals surface area contributed by atoms with Gasteiger partial charge in [0, 0.05) is 6.92 Å². The molecule has 1 aromatic heterocycles. The van der Waals surface area contributed by atoms with E-state index in [1.807, 2.05) is 0 Å². The molecule has 1 aromatic rings. The van der Waals surface area contributed by atoms with E-state index in [0.29, 0.717) is 17.9 Å². The number of rotatable bonds is 1. The molecule has 1 heterocycles. The second-order valence-electron chi connectivity index (χ2n) is 1.58. The predicted octanol–water partition coefficient (Wildman–Crippen LogP) is 1.92. The van der Waals surface area contributed by atoms with Crippen molar-refractivity contribution in [3.63, 3.8) is 0 Å². The van der Waals surface area contributed by atoms with Crippen molar-refractivity contribution in [2.75, 3.05) is 0 Å². The minimum atomic E-state index is 0.428. The normalized spacial score (nSPS) is 10.9. The molecule has 1 rings (SSSR count). The highest BCUT2D eigenvalue weighted by Crippen LogP contribution is 2.01. The molecule has 0 amide bonds. The van der Waals surface area contributed by atoms with Crippen molar-refractivity contribution in [3.05, 3.63) is 24.2 Å². The van der Waals surface area contributed by atoms with Crippen LogP contribution in [0.5, 0.6) is 0 Å². The molecule has 48 valence electrons. The average molecular weight is 127 g/mol. The van der Waals surface area contributed by atoms with Gasteiger partial charge in [-0.15, -0.1) is 0 Å². The highest BCUT2D eigenvalue weighted by Gasteiger charge is 1.91. The Morgan fingerprint density at radius 2 is 2.56 bits per heavy atom. The first-order chi connectivity index (χ1) is 4.33. The topological polar surface area (TPSA) is 26.0 Å². The third-order valence-electron chi connectivity index (χ3n) is 0.871. The summed E-state index contributed by atoms with van der Waals surface area (Å²) in [6, 6.07) is 0. The van der Waals surface area contributed by atoms with Gasteiger partial charge < -0.3 is 4.42 Å². The van der Waals surface area contributed by atoms with Gasteiger partial charge in [0.25, 0.3) is 0 Å². The average Bonchev–Trinajstić information content (AvgIpc) is 2.17. The Morgan fingerprint density at radius 3 is 3.00 bits per heavy atom. The third kappa shape index (κ3) is 1.38. The molecule has 9 heavy (non-hydrogen) atoms. The Balaban J connectivity index is 2.85. The molecular weight excluding hydrogens is 121 g/mol. The molecular formula is C6H6FNO. The van der Waals surface area contributed by atoms with E-state index < -0.39 is 0 Å². The molecule has 2 nitrogen and oxygen atoms in total. The van der Waals surface area contributed by atoms with Crippen LogP contribution < -0.4 is 0 Å². The minimum Gasteiger partial charge on any atom is -0.449 e. The van der Waals surface area contributed by atoms with Gasteiger partial charge in [-0.2, -0.15) is 0 Å². The molecule has 0 saturated carbocycles. The fourth-order valence-corrected chi connectivity index (χ4v) is 0.521. The smallest absolute Gasteiger partial charge is 0.191 e. The molecule has 0 saturated heterocycles. The van der Waals surface area contributed by atoms with Crippen LogP contribution in [0.15, 0.2) is 17.0 Å². The van der Waals surface area contributed by atoms with E-state index in [9.17, 15) is 4.39 Å². The van der Waals surface area contributed by atoms with E-state index in [-0.39, 0.29) is 0 Å². The fourth-order valence-electron chi connectivity index (χ4n) is 0.521. The number of hydrogen-bond donors (Lipinski definition) is 0. The van der Waals surface area contributed by atoms with Crippen LogP contribution in [0.4, 0.5) is 4.39 Å². The lowest BCUT2D eigenvalue weighted by Gasteiger charge is -1.72. The highest BCUT2D eigenvalue weighted by atomic mass is 19.1. The molecule has 0 radical (unpaired) electrons. The monoisotopic (exact) mass is 127 g/mol. The molecule has 0 unspecified atom stereocenters. The second kappa shape index (κ2) is 2.44. The van der Waals surface area contributed by atoms with Gasteiger partial charge in [-0.3, -0.25) is 0 Å². The van der Waals surface area contributed by atoms with Crippen molar-refractivity contribution >= 4 is 6.08 Å². The number of oxazole rings is 1. The summed E-state index contributed by atoms with van der Waals surface area (Å²) in [6.07, 6.45) is 3.05. The summed E-state index contributed by atoms with van der Waals surface area (Å²) in [7, 11) is 0. The summed E-state index contributed by atoms with van der Waals surface area (Å²) in [6.45, 7) is 1.70. The van der Waals surface area contributed by atoms with Gasteiger partial charge in [-0.25, -0.2) is 9.37 Å². The number of hydrogen-bond acceptors (Lipinski definition) is 2. The van der Waals surface area contributed by atoms with Gasteiger partial charge in [-0.1, -0.05) is 0 Å². The Labute approximate surface area is 52.0 Å². The summed E-state index contributed by atoms with van der Waals surface area (Å²) in [5.41, 5.74) is 0.509. The summed E-state index contributed by atoms with van der Waals surface area (Å²) < 4.78 is 16.2. The van der Waals surface area contributed by atoms with Crippen LogP contribution in [0, 0.1) is 6.92 Å². The van der Waals surface area contributed by atoms with Crippen LogP contribution in [-0.2, 0) is 0 Å². The molecule has 0 atom stereocenters. The number of aryl methyl sites for hydroxylation is 1. The second-order valence-corrected chi connectivity index (χ2v) is 1.58. The van der Waals surface area contributed by atoms with Gasteiger partial charge in [0.1, 0.15) is 12.0 Å². The van der Waals surface area contributed by atoms with E-state index in [2.05, 4.69) is 4.98 Å². The molecule has 0 spiro atoms. The van der Waals surface area contributed by atoms with Crippen molar-refractivity contribution in [1.29, 1.82) is 0 Å². The SMILES string of the molecule is Cc1nc(C=CF)co1. The molecule has 0 N–H and O–H groups in total. The summed E-state index contributed by atoms with van der Waals surface area (Å²) in [4.78, 5) is 3.81. The number of aromatic nitrogens is 1. The molecule has 0 aromatic carbocycles. The molecule has 0 aliphatic carbocycles. The summed E-state index contributed by atoms with van der Waals surface area (Å²) >= 11 is 0. The molecule has 3 heteroatoms. The Hall–Kier alpha value is -1.12. The van der Waals surface area contributed by atoms with Crippen molar-refractivity contribution in [2.24, 2.45) is 0 Å². The zero-order valence-electron chi connectivity index (χ0n) is 4.97. The van der Waals surface area contributed by atoms with E-state index in [4.69, 9.17) is 4.42 Å². The summed E-state index contributed by atoms with van der Waals surface area (Å²) in [5.74, 6) is 0.545. The van der Waals surface area contributed by atoms with Gasteiger partial charge in [0.2, 0.25) is 0 Å². The van der Waals surface area contributed by atoms with Gasteiger partial charge in [0.15, 0.2) is 5.89 Å². The maximum atomic E-state index is 11.4. The van der Waals surface area contributed by atoms with Crippen LogP contribution in [-0.4, -0.2) is 4.98 Å². The Bertz CT molecular complexity index is 217. The predicted molar refractivity (Wildman–Crippen MR) is 31.4 cm³/mol.